The molecular weight excluding hydrogens is 379 g/mol. The number of carbonyl (C=O) groups excluding carboxylic acids is 1. The van der Waals surface area contributed by atoms with E-state index in [1.165, 1.54) is 6.07 Å². The number of halogens is 2. The van der Waals surface area contributed by atoms with Crippen molar-refractivity contribution >= 4 is 29.3 Å². The second-order valence-electron chi connectivity index (χ2n) is 5.16. The Morgan fingerprint density at radius 2 is 1.92 bits per heavy atom. The van der Waals surface area contributed by atoms with Gasteiger partial charge in [-0.2, -0.15) is 5.10 Å². The first kappa shape index (κ1) is 17.9. The molecule has 0 unspecified atom stereocenters. The van der Waals surface area contributed by atoms with E-state index in [0.717, 1.165) is 5.56 Å². The number of hydrogen-bond donors (Lipinski definition) is 2. The molecule has 2 aromatic heterocycles. The highest BCUT2D eigenvalue weighted by Crippen LogP contribution is 2.21. The normalized spacial score (nSPS) is 10.4. The minimum Gasteiger partial charge on any atom is -0.404 e. The number of aromatic nitrogens is 3. The molecule has 0 spiro atoms. The van der Waals surface area contributed by atoms with Crippen molar-refractivity contribution in [3.8, 4) is 17.0 Å². The van der Waals surface area contributed by atoms with Gasteiger partial charge in [-0.25, -0.2) is 9.89 Å². The Hall–Kier alpha value is -2.90. The molecule has 2 N–H and O–H groups in total. The van der Waals surface area contributed by atoms with Crippen LogP contribution in [0, 0.1) is 0 Å². The highest BCUT2D eigenvalue weighted by atomic mass is 35.5. The van der Waals surface area contributed by atoms with E-state index >= 15 is 0 Å². The molecule has 0 saturated heterocycles. The van der Waals surface area contributed by atoms with Crippen molar-refractivity contribution < 1.29 is 9.53 Å². The number of pyridine rings is 1. The smallest absolute Gasteiger partial charge is 0.404 e. The SMILES string of the molecule is O=C(NCc1ccc(Cl)cc1Cl)Oc1cc(-c2ccncc2)n[nH]c1=O. The van der Waals surface area contributed by atoms with E-state index in [1.54, 1.807) is 42.7 Å². The number of amides is 1. The van der Waals surface area contributed by atoms with Crippen LogP contribution in [0.3, 0.4) is 0 Å². The molecule has 1 amide bonds. The van der Waals surface area contributed by atoms with Gasteiger partial charge in [0.05, 0.1) is 5.69 Å². The Balaban J connectivity index is 1.70. The van der Waals surface area contributed by atoms with Gasteiger partial charge < -0.3 is 10.1 Å². The van der Waals surface area contributed by atoms with Crippen LogP contribution in [0.15, 0.2) is 53.6 Å². The first-order valence-electron chi connectivity index (χ1n) is 7.42. The molecule has 132 valence electrons. The van der Waals surface area contributed by atoms with Crippen LogP contribution < -0.4 is 15.6 Å². The summed E-state index contributed by atoms with van der Waals surface area (Å²) in [5.74, 6) is -0.175. The lowest BCUT2D eigenvalue weighted by molar-refractivity contribution is 0.199. The molecule has 3 rings (SSSR count). The summed E-state index contributed by atoms with van der Waals surface area (Å²) in [5, 5.41) is 9.65. The lowest BCUT2D eigenvalue weighted by Crippen LogP contribution is -2.28. The van der Waals surface area contributed by atoms with Gasteiger partial charge in [0.15, 0.2) is 0 Å². The standard InChI is InChI=1S/C17H12Cl2N4O3/c18-12-2-1-11(13(19)7-12)9-21-17(25)26-15-8-14(22-23-16(15)24)10-3-5-20-6-4-10/h1-8H,9H2,(H,21,25)(H,23,24). The first-order chi connectivity index (χ1) is 12.5. The fourth-order valence-electron chi connectivity index (χ4n) is 2.10. The quantitative estimate of drug-likeness (QED) is 0.710. The molecule has 2 heterocycles. The first-order valence-corrected chi connectivity index (χ1v) is 8.18. The Bertz CT molecular complexity index is 993. The van der Waals surface area contributed by atoms with Crippen LogP contribution in [0.25, 0.3) is 11.3 Å². The molecule has 7 nitrogen and oxygen atoms in total. The van der Waals surface area contributed by atoms with Gasteiger partial charge in [0.25, 0.3) is 0 Å². The van der Waals surface area contributed by atoms with Crippen LogP contribution in [0.2, 0.25) is 10.0 Å². The zero-order valence-electron chi connectivity index (χ0n) is 13.2. The molecule has 0 fully saturated rings. The molecule has 9 heteroatoms. The van der Waals surface area contributed by atoms with Gasteiger partial charge in [-0.05, 0) is 29.8 Å². The number of rotatable bonds is 4. The molecule has 3 aromatic rings. The van der Waals surface area contributed by atoms with Crippen molar-refractivity contribution in [3.05, 3.63) is 74.8 Å². The third-order valence-electron chi connectivity index (χ3n) is 3.39. The minimum absolute atomic E-state index is 0.120. The molecule has 0 aliphatic heterocycles. The molecule has 26 heavy (non-hydrogen) atoms. The van der Waals surface area contributed by atoms with E-state index in [9.17, 15) is 9.59 Å². The Labute approximate surface area is 157 Å². The monoisotopic (exact) mass is 390 g/mol. The fraction of sp³-hybridized carbons (Fsp3) is 0.0588. The lowest BCUT2D eigenvalue weighted by Gasteiger charge is -2.08. The van der Waals surface area contributed by atoms with Crippen molar-refractivity contribution in [2.24, 2.45) is 0 Å². The average molecular weight is 391 g/mol. The molecule has 0 bridgehead atoms. The second-order valence-corrected chi connectivity index (χ2v) is 6.00. The number of nitrogens with zero attached hydrogens (tertiary/aromatic N) is 2. The van der Waals surface area contributed by atoms with E-state index in [0.29, 0.717) is 21.3 Å². The van der Waals surface area contributed by atoms with Crippen molar-refractivity contribution in [1.82, 2.24) is 20.5 Å². The highest BCUT2D eigenvalue weighted by Gasteiger charge is 2.12. The number of ether oxygens (including phenoxy) is 1. The Morgan fingerprint density at radius 3 is 2.65 bits per heavy atom. The van der Waals surface area contributed by atoms with Gasteiger partial charge in [-0.3, -0.25) is 9.78 Å². The summed E-state index contributed by atoms with van der Waals surface area (Å²) < 4.78 is 5.07. The number of aromatic amines is 1. The molecule has 0 radical (unpaired) electrons. The number of carbonyl (C=O) groups is 1. The van der Waals surface area contributed by atoms with Gasteiger partial charge in [0, 0.05) is 40.6 Å². The molecule has 0 aliphatic rings. The summed E-state index contributed by atoms with van der Waals surface area (Å²) in [6.45, 7) is 0.120. The summed E-state index contributed by atoms with van der Waals surface area (Å²) in [6.07, 6.45) is 2.38. The predicted octanol–water partition coefficient (Wildman–Crippen LogP) is 3.43. The molecule has 1 aromatic carbocycles. The third-order valence-corrected chi connectivity index (χ3v) is 3.97. The van der Waals surface area contributed by atoms with E-state index < -0.39 is 11.7 Å². The van der Waals surface area contributed by atoms with Crippen molar-refractivity contribution in [2.45, 2.75) is 6.54 Å². The number of benzene rings is 1. The van der Waals surface area contributed by atoms with Crippen molar-refractivity contribution in [1.29, 1.82) is 0 Å². The zero-order chi connectivity index (χ0) is 18.5. The maximum Gasteiger partial charge on any atom is 0.413 e. The molecule has 0 aliphatic carbocycles. The number of H-pyrrole nitrogens is 1. The third kappa shape index (κ3) is 4.38. The maximum atomic E-state index is 12.0. The minimum atomic E-state index is -0.798. The van der Waals surface area contributed by atoms with Crippen molar-refractivity contribution in [2.75, 3.05) is 0 Å². The van der Waals surface area contributed by atoms with Gasteiger partial charge in [-0.15, -0.1) is 0 Å². The largest absolute Gasteiger partial charge is 0.413 e. The van der Waals surface area contributed by atoms with Crippen LogP contribution in [0.4, 0.5) is 4.79 Å². The van der Waals surface area contributed by atoms with Crippen LogP contribution in [-0.4, -0.2) is 21.3 Å². The topological polar surface area (TPSA) is 97.0 Å². The lowest BCUT2D eigenvalue weighted by atomic mass is 10.2. The van der Waals surface area contributed by atoms with E-state index in [-0.39, 0.29) is 12.3 Å². The van der Waals surface area contributed by atoms with E-state index in [4.69, 9.17) is 27.9 Å². The molecular formula is C17H12Cl2N4O3. The Kier molecular flexibility index (Phi) is 5.50. The summed E-state index contributed by atoms with van der Waals surface area (Å²) in [5.41, 5.74) is 1.20. The van der Waals surface area contributed by atoms with Gasteiger partial charge in [0.2, 0.25) is 5.75 Å². The second kappa shape index (κ2) is 7.99. The summed E-state index contributed by atoms with van der Waals surface area (Å²) in [7, 11) is 0. The van der Waals surface area contributed by atoms with Crippen LogP contribution in [-0.2, 0) is 6.54 Å². The highest BCUT2D eigenvalue weighted by molar-refractivity contribution is 6.35. The molecule has 0 atom stereocenters. The fourth-order valence-corrected chi connectivity index (χ4v) is 2.58. The number of hydrogen-bond acceptors (Lipinski definition) is 5. The zero-order valence-corrected chi connectivity index (χ0v) is 14.7. The Morgan fingerprint density at radius 1 is 1.15 bits per heavy atom. The summed E-state index contributed by atoms with van der Waals surface area (Å²) in [6, 6.07) is 9.72. The summed E-state index contributed by atoms with van der Waals surface area (Å²) >= 11 is 11.9. The predicted molar refractivity (Wildman–Crippen MR) is 97.4 cm³/mol. The van der Waals surface area contributed by atoms with Crippen LogP contribution in [0.1, 0.15) is 5.56 Å². The van der Waals surface area contributed by atoms with Gasteiger partial charge in [-0.1, -0.05) is 29.3 Å². The van der Waals surface area contributed by atoms with Gasteiger partial charge in [0.1, 0.15) is 0 Å². The van der Waals surface area contributed by atoms with Crippen molar-refractivity contribution in [3.63, 3.8) is 0 Å². The van der Waals surface area contributed by atoms with E-state index in [1.807, 2.05) is 0 Å². The van der Waals surface area contributed by atoms with Crippen LogP contribution >= 0.6 is 23.2 Å². The van der Waals surface area contributed by atoms with E-state index in [2.05, 4.69) is 20.5 Å². The molecule has 0 saturated carbocycles. The van der Waals surface area contributed by atoms with Crippen LogP contribution in [0.5, 0.6) is 5.75 Å². The van der Waals surface area contributed by atoms with Gasteiger partial charge >= 0.3 is 11.7 Å². The number of nitrogens with one attached hydrogen (secondary N) is 2. The summed E-state index contributed by atoms with van der Waals surface area (Å²) in [4.78, 5) is 27.7. The maximum absolute atomic E-state index is 12.0. The average Bonchev–Trinajstić information content (AvgIpc) is 2.63.